The van der Waals surface area contributed by atoms with E-state index in [0.29, 0.717) is 23.9 Å². The van der Waals surface area contributed by atoms with E-state index in [1.807, 2.05) is 36.1 Å². The quantitative estimate of drug-likeness (QED) is 0.676. The van der Waals surface area contributed by atoms with Crippen molar-refractivity contribution >= 4 is 23.2 Å². The zero-order valence-corrected chi connectivity index (χ0v) is 16.6. The predicted molar refractivity (Wildman–Crippen MR) is 109 cm³/mol. The van der Waals surface area contributed by atoms with Gasteiger partial charge in [0.05, 0.1) is 12.8 Å². The predicted octanol–water partition coefficient (Wildman–Crippen LogP) is 2.88. The Morgan fingerprint density at radius 2 is 1.86 bits per heavy atom. The molecule has 8 heteroatoms. The van der Waals surface area contributed by atoms with E-state index in [9.17, 15) is 4.79 Å². The molecule has 1 amide bonds. The lowest BCUT2D eigenvalue weighted by Crippen LogP contribution is -2.49. The first-order valence-corrected chi connectivity index (χ1v) is 9.90. The summed E-state index contributed by atoms with van der Waals surface area (Å²) >= 11 is 1.43. The molecule has 4 rings (SSSR count). The van der Waals surface area contributed by atoms with Crippen molar-refractivity contribution < 1.29 is 9.53 Å². The fourth-order valence-electron chi connectivity index (χ4n) is 3.18. The number of carbonyl (C=O) groups is 1. The van der Waals surface area contributed by atoms with E-state index in [-0.39, 0.29) is 5.91 Å². The molecule has 7 nitrogen and oxygen atoms in total. The number of ether oxygens (including phenoxy) is 1. The summed E-state index contributed by atoms with van der Waals surface area (Å²) in [7, 11) is 1.64. The average Bonchev–Trinajstić information content (AvgIpc) is 3.15. The van der Waals surface area contributed by atoms with Crippen LogP contribution in [-0.4, -0.2) is 59.0 Å². The Labute approximate surface area is 167 Å². The number of thiazole rings is 1. The average molecular weight is 395 g/mol. The van der Waals surface area contributed by atoms with Gasteiger partial charge >= 0.3 is 0 Å². The molecule has 0 radical (unpaired) electrons. The van der Waals surface area contributed by atoms with Gasteiger partial charge in [-0.05, 0) is 25.1 Å². The molecule has 28 heavy (non-hydrogen) atoms. The van der Waals surface area contributed by atoms with Crippen molar-refractivity contribution in [1.29, 1.82) is 0 Å². The Morgan fingerprint density at radius 3 is 2.57 bits per heavy atom. The fourth-order valence-corrected chi connectivity index (χ4v) is 4.21. The van der Waals surface area contributed by atoms with Gasteiger partial charge in [-0.3, -0.25) is 4.79 Å². The van der Waals surface area contributed by atoms with Gasteiger partial charge in [0.1, 0.15) is 15.6 Å². The summed E-state index contributed by atoms with van der Waals surface area (Å²) in [5.74, 6) is 1.53. The number of hydrogen-bond acceptors (Lipinski definition) is 7. The lowest BCUT2D eigenvalue weighted by Gasteiger charge is -2.34. The normalized spacial score (nSPS) is 14.2. The van der Waals surface area contributed by atoms with E-state index >= 15 is 0 Å². The monoisotopic (exact) mass is 395 g/mol. The zero-order valence-electron chi connectivity index (χ0n) is 15.8. The minimum Gasteiger partial charge on any atom is -0.497 e. The fraction of sp³-hybridized carbons (Fsp3) is 0.300. The summed E-state index contributed by atoms with van der Waals surface area (Å²) in [6.07, 6.45) is 3.47. The Morgan fingerprint density at radius 1 is 1.11 bits per heavy atom. The smallest absolute Gasteiger partial charge is 0.265 e. The standard InChI is InChI=1S/C20H21N5O2S/c1-14-17(28-18(23-14)15-5-3-6-16(13-15)27-2)19(26)24-9-11-25(12-10-24)20-21-7-4-8-22-20/h3-8,13H,9-12H2,1-2H3. The molecule has 0 aliphatic carbocycles. The lowest BCUT2D eigenvalue weighted by atomic mass is 10.2. The van der Waals surface area contributed by atoms with Crippen LogP contribution in [0.1, 0.15) is 15.4 Å². The van der Waals surface area contributed by atoms with Crippen LogP contribution in [0.15, 0.2) is 42.7 Å². The van der Waals surface area contributed by atoms with Crippen molar-refractivity contribution in [2.24, 2.45) is 0 Å². The summed E-state index contributed by atoms with van der Waals surface area (Å²) in [6, 6.07) is 9.54. The molecule has 0 saturated carbocycles. The lowest BCUT2D eigenvalue weighted by molar-refractivity contribution is 0.0750. The van der Waals surface area contributed by atoms with Crippen molar-refractivity contribution in [3.63, 3.8) is 0 Å². The van der Waals surface area contributed by atoms with Crippen molar-refractivity contribution in [2.45, 2.75) is 6.92 Å². The number of aromatic nitrogens is 3. The molecule has 0 unspecified atom stereocenters. The van der Waals surface area contributed by atoms with Crippen LogP contribution in [0, 0.1) is 6.92 Å². The molecular weight excluding hydrogens is 374 g/mol. The molecular formula is C20H21N5O2S. The van der Waals surface area contributed by atoms with E-state index in [0.717, 1.165) is 35.1 Å². The molecule has 0 bridgehead atoms. The number of hydrogen-bond donors (Lipinski definition) is 0. The number of anilines is 1. The van der Waals surface area contributed by atoms with Gasteiger partial charge in [0.15, 0.2) is 0 Å². The van der Waals surface area contributed by atoms with Crippen LogP contribution < -0.4 is 9.64 Å². The molecule has 3 aromatic rings. The molecule has 0 spiro atoms. The maximum absolute atomic E-state index is 13.1. The Balaban J connectivity index is 1.48. The number of piperazine rings is 1. The van der Waals surface area contributed by atoms with Gasteiger partial charge < -0.3 is 14.5 Å². The van der Waals surface area contributed by atoms with Crippen LogP contribution >= 0.6 is 11.3 Å². The van der Waals surface area contributed by atoms with Gasteiger partial charge in [0.2, 0.25) is 5.95 Å². The van der Waals surface area contributed by atoms with Gasteiger partial charge in [-0.25, -0.2) is 15.0 Å². The second-order valence-electron chi connectivity index (χ2n) is 6.49. The van der Waals surface area contributed by atoms with Crippen LogP contribution in [0.3, 0.4) is 0 Å². The molecule has 1 fully saturated rings. The number of nitrogens with zero attached hydrogens (tertiary/aromatic N) is 5. The highest BCUT2D eigenvalue weighted by molar-refractivity contribution is 7.17. The number of rotatable bonds is 4. The van der Waals surface area contributed by atoms with Gasteiger partial charge in [0, 0.05) is 44.1 Å². The highest BCUT2D eigenvalue weighted by Gasteiger charge is 2.26. The molecule has 1 aromatic carbocycles. The third-order valence-corrected chi connectivity index (χ3v) is 5.90. The van der Waals surface area contributed by atoms with Crippen molar-refractivity contribution in [1.82, 2.24) is 19.9 Å². The van der Waals surface area contributed by atoms with Crippen LogP contribution in [0.2, 0.25) is 0 Å². The molecule has 1 aliphatic heterocycles. The maximum Gasteiger partial charge on any atom is 0.265 e. The van der Waals surface area contributed by atoms with Crippen LogP contribution in [-0.2, 0) is 0 Å². The number of carbonyl (C=O) groups excluding carboxylic acids is 1. The first-order chi connectivity index (χ1) is 13.7. The van der Waals surface area contributed by atoms with Gasteiger partial charge in [0.25, 0.3) is 5.91 Å². The van der Waals surface area contributed by atoms with Crippen LogP contribution in [0.25, 0.3) is 10.6 Å². The SMILES string of the molecule is COc1cccc(-c2nc(C)c(C(=O)N3CCN(c4ncccn4)CC3)s2)c1. The van der Waals surface area contributed by atoms with E-state index in [4.69, 9.17) is 4.74 Å². The number of benzene rings is 1. The van der Waals surface area contributed by atoms with Crippen LogP contribution in [0.4, 0.5) is 5.95 Å². The number of methoxy groups -OCH3 is 1. The minimum atomic E-state index is 0.0396. The van der Waals surface area contributed by atoms with E-state index in [2.05, 4.69) is 19.9 Å². The number of amides is 1. The van der Waals surface area contributed by atoms with Gasteiger partial charge in [-0.1, -0.05) is 12.1 Å². The molecule has 1 aliphatic rings. The van der Waals surface area contributed by atoms with Crippen molar-refractivity contribution in [3.05, 3.63) is 53.3 Å². The van der Waals surface area contributed by atoms with Crippen molar-refractivity contribution in [3.8, 4) is 16.3 Å². The second-order valence-corrected chi connectivity index (χ2v) is 7.49. The first kappa shape index (κ1) is 18.4. The molecule has 144 valence electrons. The Hall–Kier alpha value is -3.00. The molecule has 1 saturated heterocycles. The third kappa shape index (κ3) is 3.68. The minimum absolute atomic E-state index is 0.0396. The zero-order chi connectivity index (χ0) is 19.5. The molecule has 3 heterocycles. The van der Waals surface area contributed by atoms with Crippen molar-refractivity contribution in [2.75, 3.05) is 38.2 Å². The summed E-state index contributed by atoms with van der Waals surface area (Å²) in [6.45, 7) is 4.61. The maximum atomic E-state index is 13.1. The summed E-state index contributed by atoms with van der Waals surface area (Å²) in [5.41, 5.74) is 1.72. The van der Waals surface area contributed by atoms with E-state index < -0.39 is 0 Å². The Bertz CT molecular complexity index is 968. The highest BCUT2D eigenvalue weighted by Crippen LogP contribution is 2.31. The van der Waals surface area contributed by atoms with Gasteiger partial charge in [-0.2, -0.15) is 0 Å². The van der Waals surface area contributed by atoms with E-state index in [1.54, 1.807) is 25.6 Å². The largest absolute Gasteiger partial charge is 0.497 e. The first-order valence-electron chi connectivity index (χ1n) is 9.09. The topological polar surface area (TPSA) is 71.5 Å². The highest BCUT2D eigenvalue weighted by atomic mass is 32.1. The second kappa shape index (κ2) is 7.93. The van der Waals surface area contributed by atoms with Crippen LogP contribution in [0.5, 0.6) is 5.75 Å². The molecule has 0 atom stereocenters. The summed E-state index contributed by atoms with van der Waals surface area (Å²) < 4.78 is 5.29. The molecule has 2 aromatic heterocycles. The molecule has 0 N–H and O–H groups in total. The summed E-state index contributed by atoms with van der Waals surface area (Å²) in [5, 5.41) is 0.830. The summed E-state index contributed by atoms with van der Waals surface area (Å²) in [4.78, 5) is 30.9. The Kier molecular flexibility index (Phi) is 5.21. The third-order valence-electron chi connectivity index (χ3n) is 4.71. The number of aryl methyl sites for hydroxylation is 1. The van der Waals surface area contributed by atoms with Gasteiger partial charge in [-0.15, -0.1) is 11.3 Å². The van der Waals surface area contributed by atoms with E-state index in [1.165, 1.54) is 11.3 Å².